The summed E-state index contributed by atoms with van der Waals surface area (Å²) in [6.07, 6.45) is 5.21. The van der Waals surface area contributed by atoms with Crippen LogP contribution >= 0.6 is 0 Å². The van der Waals surface area contributed by atoms with Gasteiger partial charge in [-0.1, -0.05) is 5.16 Å². The quantitative estimate of drug-likeness (QED) is 0.849. The number of nitrogens with one attached hydrogen (secondary N) is 1. The van der Waals surface area contributed by atoms with Gasteiger partial charge < -0.3 is 9.84 Å². The summed E-state index contributed by atoms with van der Waals surface area (Å²) in [6.45, 7) is 2.12. The molecule has 0 aromatic carbocycles. The van der Waals surface area contributed by atoms with Crippen molar-refractivity contribution in [3.8, 4) is 11.4 Å². The number of nitrogens with zero attached hydrogens (tertiary/aromatic N) is 3. The van der Waals surface area contributed by atoms with Gasteiger partial charge in [-0.05, 0) is 32.5 Å². The maximum atomic E-state index is 5.20. The zero-order valence-electron chi connectivity index (χ0n) is 10.1. The number of aryl methyl sites for hydroxylation is 1. The van der Waals surface area contributed by atoms with Gasteiger partial charge in [0.05, 0.1) is 0 Å². The van der Waals surface area contributed by atoms with E-state index in [1.165, 1.54) is 0 Å². The molecule has 1 atom stereocenters. The lowest BCUT2D eigenvalue weighted by Crippen LogP contribution is -2.21. The Morgan fingerprint density at radius 1 is 1.47 bits per heavy atom. The summed E-state index contributed by atoms with van der Waals surface area (Å²) in [4.78, 5) is 8.37. The van der Waals surface area contributed by atoms with Gasteiger partial charge in [-0.25, -0.2) is 0 Å². The third-order valence-corrected chi connectivity index (χ3v) is 2.67. The van der Waals surface area contributed by atoms with Crippen molar-refractivity contribution in [2.45, 2.75) is 25.8 Å². The highest BCUT2D eigenvalue weighted by Gasteiger charge is 2.09. The molecule has 17 heavy (non-hydrogen) atoms. The van der Waals surface area contributed by atoms with Crippen LogP contribution in [0.15, 0.2) is 29.0 Å². The van der Waals surface area contributed by atoms with Gasteiger partial charge in [-0.2, -0.15) is 4.98 Å². The molecule has 0 aliphatic rings. The van der Waals surface area contributed by atoms with E-state index in [1.807, 2.05) is 19.2 Å². The molecular formula is C12H16N4O. The Morgan fingerprint density at radius 3 is 3.06 bits per heavy atom. The Labute approximate surface area is 100 Å². The van der Waals surface area contributed by atoms with Gasteiger partial charge in [0.2, 0.25) is 11.7 Å². The summed E-state index contributed by atoms with van der Waals surface area (Å²) in [5, 5.41) is 7.12. The SMILES string of the molecule is CNC(C)CCc1nc(-c2cccnc2)no1. The smallest absolute Gasteiger partial charge is 0.227 e. The van der Waals surface area contributed by atoms with Crippen LogP contribution in [0.4, 0.5) is 0 Å². The number of rotatable bonds is 5. The minimum absolute atomic E-state index is 0.448. The van der Waals surface area contributed by atoms with Crippen LogP contribution in [0.5, 0.6) is 0 Å². The number of hydrogen-bond donors (Lipinski definition) is 1. The fourth-order valence-electron chi connectivity index (χ4n) is 1.45. The summed E-state index contributed by atoms with van der Waals surface area (Å²) < 4.78 is 5.20. The lowest BCUT2D eigenvalue weighted by molar-refractivity contribution is 0.369. The fourth-order valence-corrected chi connectivity index (χ4v) is 1.45. The summed E-state index contributed by atoms with van der Waals surface area (Å²) in [5.74, 6) is 1.27. The molecule has 2 heterocycles. The van der Waals surface area contributed by atoms with Crippen molar-refractivity contribution in [3.05, 3.63) is 30.4 Å². The van der Waals surface area contributed by atoms with Crippen molar-refractivity contribution in [2.75, 3.05) is 7.05 Å². The molecule has 2 aromatic rings. The highest BCUT2D eigenvalue weighted by molar-refractivity contribution is 5.51. The van der Waals surface area contributed by atoms with E-state index in [2.05, 4.69) is 27.4 Å². The average molecular weight is 232 g/mol. The van der Waals surface area contributed by atoms with Crippen LogP contribution in [-0.2, 0) is 6.42 Å². The largest absolute Gasteiger partial charge is 0.339 e. The highest BCUT2D eigenvalue weighted by atomic mass is 16.5. The van der Waals surface area contributed by atoms with E-state index < -0.39 is 0 Å². The lowest BCUT2D eigenvalue weighted by Gasteiger charge is -2.06. The van der Waals surface area contributed by atoms with Crippen LogP contribution < -0.4 is 5.32 Å². The average Bonchev–Trinajstić information content (AvgIpc) is 2.86. The molecule has 5 heteroatoms. The standard InChI is InChI=1S/C12H16N4O/c1-9(13-2)5-6-11-15-12(16-17-11)10-4-3-7-14-8-10/h3-4,7-9,13H,5-6H2,1-2H3. The van der Waals surface area contributed by atoms with Crippen molar-refractivity contribution in [1.29, 1.82) is 0 Å². The molecule has 90 valence electrons. The van der Waals surface area contributed by atoms with E-state index in [1.54, 1.807) is 12.4 Å². The predicted molar refractivity (Wildman–Crippen MR) is 64.4 cm³/mol. The van der Waals surface area contributed by atoms with Gasteiger partial charge in [-0.15, -0.1) is 0 Å². The second kappa shape index (κ2) is 5.54. The maximum absolute atomic E-state index is 5.20. The molecule has 2 aromatic heterocycles. The fraction of sp³-hybridized carbons (Fsp3) is 0.417. The molecule has 1 unspecified atom stereocenters. The van der Waals surface area contributed by atoms with E-state index in [0.29, 0.717) is 17.8 Å². The van der Waals surface area contributed by atoms with Crippen LogP contribution in [0.2, 0.25) is 0 Å². The molecule has 5 nitrogen and oxygen atoms in total. The van der Waals surface area contributed by atoms with Gasteiger partial charge in [0.25, 0.3) is 0 Å². The van der Waals surface area contributed by atoms with Crippen molar-refractivity contribution >= 4 is 0 Å². The monoisotopic (exact) mass is 232 g/mol. The Morgan fingerprint density at radius 2 is 2.35 bits per heavy atom. The molecule has 0 aliphatic carbocycles. The summed E-state index contributed by atoms with van der Waals surface area (Å²) in [6, 6.07) is 4.22. The number of hydrogen-bond acceptors (Lipinski definition) is 5. The Balaban J connectivity index is 2.01. The molecule has 0 radical (unpaired) electrons. The highest BCUT2D eigenvalue weighted by Crippen LogP contribution is 2.14. The Kier molecular flexibility index (Phi) is 3.82. The van der Waals surface area contributed by atoms with Gasteiger partial charge in [-0.3, -0.25) is 4.98 Å². The van der Waals surface area contributed by atoms with Gasteiger partial charge >= 0.3 is 0 Å². The molecule has 0 fully saturated rings. The first kappa shape index (κ1) is 11.7. The zero-order valence-corrected chi connectivity index (χ0v) is 10.1. The first-order chi connectivity index (χ1) is 8.29. The van der Waals surface area contributed by atoms with Crippen molar-refractivity contribution < 1.29 is 4.52 Å². The van der Waals surface area contributed by atoms with Crippen molar-refractivity contribution in [2.24, 2.45) is 0 Å². The van der Waals surface area contributed by atoms with E-state index in [9.17, 15) is 0 Å². The van der Waals surface area contributed by atoms with E-state index in [4.69, 9.17) is 4.52 Å². The minimum Gasteiger partial charge on any atom is -0.339 e. The second-order valence-corrected chi connectivity index (χ2v) is 3.98. The number of aromatic nitrogens is 3. The molecule has 2 rings (SSSR count). The van der Waals surface area contributed by atoms with Gasteiger partial charge in [0.1, 0.15) is 0 Å². The summed E-state index contributed by atoms with van der Waals surface area (Å²) in [7, 11) is 1.94. The van der Waals surface area contributed by atoms with Gasteiger partial charge in [0, 0.05) is 30.4 Å². The maximum Gasteiger partial charge on any atom is 0.227 e. The van der Waals surface area contributed by atoms with Crippen LogP contribution in [0, 0.1) is 0 Å². The lowest BCUT2D eigenvalue weighted by atomic mass is 10.2. The summed E-state index contributed by atoms with van der Waals surface area (Å²) >= 11 is 0. The predicted octanol–water partition coefficient (Wildman–Crippen LogP) is 1.67. The third kappa shape index (κ3) is 3.10. The molecule has 0 bridgehead atoms. The number of pyridine rings is 1. The van der Waals surface area contributed by atoms with Crippen LogP contribution in [0.25, 0.3) is 11.4 Å². The Hall–Kier alpha value is -1.75. The molecular weight excluding hydrogens is 216 g/mol. The molecule has 0 saturated heterocycles. The zero-order chi connectivity index (χ0) is 12.1. The van der Waals surface area contributed by atoms with Crippen LogP contribution in [0.3, 0.4) is 0 Å². The third-order valence-electron chi connectivity index (χ3n) is 2.67. The van der Waals surface area contributed by atoms with E-state index in [-0.39, 0.29) is 0 Å². The van der Waals surface area contributed by atoms with Crippen molar-refractivity contribution in [1.82, 2.24) is 20.4 Å². The second-order valence-electron chi connectivity index (χ2n) is 3.98. The molecule has 0 amide bonds. The Bertz CT molecular complexity index is 455. The summed E-state index contributed by atoms with van der Waals surface area (Å²) in [5.41, 5.74) is 0.879. The molecule has 0 aliphatic heterocycles. The first-order valence-corrected chi connectivity index (χ1v) is 5.70. The van der Waals surface area contributed by atoms with E-state index in [0.717, 1.165) is 18.4 Å². The normalized spacial score (nSPS) is 12.6. The molecule has 1 N–H and O–H groups in total. The van der Waals surface area contributed by atoms with Gasteiger partial charge in [0.15, 0.2) is 0 Å². The van der Waals surface area contributed by atoms with Crippen molar-refractivity contribution in [3.63, 3.8) is 0 Å². The van der Waals surface area contributed by atoms with Crippen LogP contribution in [0.1, 0.15) is 19.2 Å². The topological polar surface area (TPSA) is 63.8 Å². The van der Waals surface area contributed by atoms with Crippen LogP contribution in [-0.4, -0.2) is 28.2 Å². The molecule has 0 spiro atoms. The minimum atomic E-state index is 0.448. The molecule has 0 saturated carbocycles. The first-order valence-electron chi connectivity index (χ1n) is 5.70. The van der Waals surface area contributed by atoms with E-state index >= 15 is 0 Å².